The van der Waals surface area contributed by atoms with E-state index < -0.39 is 0 Å². The number of rotatable bonds is 2. The first kappa shape index (κ1) is 13.1. The summed E-state index contributed by atoms with van der Waals surface area (Å²) < 4.78 is 7.10. The van der Waals surface area contributed by atoms with Crippen LogP contribution in [0.15, 0.2) is 46.0 Å². The molecular formula is C17H17N3O2. The highest BCUT2D eigenvalue weighted by molar-refractivity contribution is 5.34. The van der Waals surface area contributed by atoms with Crippen LogP contribution in [-0.2, 0) is 19.3 Å². The van der Waals surface area contributed by atoms with Crippen LogP contribution < -0.4 is 5.56 Å². The monoisotopic (exact) mass is 295 g/mol. The molecule has 0 radical (unpaired) electrons. The fourth-order valence-electron chi connectivity index (χ4n) is 3.04. The fourth-order valence-corrected chi connectivity index (χ4v) is 3.04. The van der Waals surface area contributed by atoms with Gasteiger partial charge in [0.15, 0.2) is 5.82 Å². The van der Waals surface area contributed by atoms with Crippen LogP contribution in [0.25, 0.3) is 5.82 Å². The van der Waals surface area contributed by atoms with Crippen LogP contribution in [0.1, 0.15) is 35.7 Å². The van der Waals surface area contributed by atoms with E-state index >= 15 is 0 Å². The Hall–Kier alpha value is -2.56. The van der Waals surface area contributed by atoms with Gasteiger partial charge in [-0.05, 0) is 31.4 Å². The maximum atomic E-state index is 12.8. The number of hydrogen-bond acceptors (Lipinski definition) is 3. The highest BCUT2D eigenvalue weighted by Crippen LogP contribution is 2.19. The topological polar surface area (TPSA) is 63.8 Å². The van der Waals surface area contributed by atoms with Gasteiger partial charge < -0.3 is 9.40 Å². The number of fused-ring (bicyclic) bond motifs is 3. The SMILES string of the molecule is O=c1c(Cc2ccco2)nc2c[nH]c3c(n1-2)CCC/C=C/C3. The van der Waals surface area contributed by atoms with Crippen molar-refractivity contribution < 1.29 is 4.42 Å². The quantitative estimate of drug-likeness (QED) is 0.739. The van der Waals surface area contributed by atoms with Gasteiger partial charge in [-0.1, -0.05) is 12.2 Å². The molecule has 2 aliphatic heterocycles. The summed E-state index contributed by atoms with van der Waals surface area (Å²) in [4.78, 5) is 20.5. The molecule has 0 bridgehead atoms. The average Bonchev–Trinajstić information content (AvgIpc) is 3.09. The van der Waals surface area contributed by atoms with Crippen LogP contribution in [0, 0.1) is 0 Å². The fraction of sp³-hybridized carbons (Fsp3) is 0.294. The Bertz CT molecular complexity index is 840. The van der Waals surface area contributed by atoms with Crippen molar-refractivity contribution in [3.63, 3.8) is 0 Å². The van der Waals surface area contributed by atoms with Gasteiger partial charge in [-0.2, -0.15) is 0 Å². The third-order valence-corrected chi connectivity index (χ3v) is 4.12. The number of nitrogens with zero attached hydrogens (tertiary/aromatic N) is 2. The smallest absolute Gasteiger partial charge is 0.278 e. The van der Waals surface area contributed by atoms with Crippen molar-refractivity contribution in [1.29, 1.82) is 0 Å². The molecule has 1 aromatic rings. The van der Waals surface area contributed by atoms with Crippen molar-refractivity contribution in [3.05, 3.63) is 69.9 Å². The van der Waals surface area contributed by atoms with Crippen LogP contribution in [-0.4, -0.2) is 14.5 Å². The number of aromatic amines is 1. The zero-order chi connectivity index (χ0) is 14.9. The number of allylic oxidation sites excluding steroid dienone is 2. The van der Waals surface area contributed by atoms with Crippen LogP contribution >= 0.6 is 0 Å². The van der Waals surface area contributed by atoms with Crippen molar-refractivity contribution in [2.75, 3.05) is 0 Å². The molecule has 1 N–H and O–H groups in total. The molecule has 5 nitrogen and oxygen atoms in total. The van der Waals surface area contributed by atoms with E-state index in [9.17, 15) is 4.79 Å². The highest BCUT2D eigenvalue weighted by atomic mass is 16.3. The van der Waals surface area contributed by atoms with E-state index in [0.717, 1.165) is 42.8 Å². The standard InChI is InChI=1S/C17H17N3O2/c21-17-14(10-12-6-5-9-22-12)19-16-11-18-13-7-3-1-2-4-8-15(13)20(16)17/h1,3,5-6,9,11,18H,2,4,7-8,10H2/b3-1+. The largest absolute Gasteiger partial charge is 0.469 e. The summed E-state index contributed by atoms with van der Waals surface area (Å²) in [6.07, 6.45) is 12.0. The summed E-state index contributed by atoms with van der Waals surface area (Å²) in [5, 5.41) is 0. The second kappa shape index (κ2) is 5.33. The summed E-state index contributed by atoms with van der Waals surface area (Å²) in [6.45, 7) is 0. The third-order valence-electron chi connectivity index (χ3n) is 4.12. The normalized spacial score (nSPS) is 16.2. The lowest BCUT2D eigenvalue weighted by Gasteiger charge is -2.15. The van der Waals surface area contributed by atoms with E-state index in [1.165, 1.54) is 0 Å². The molecule has 0 saturated heterocycles. The Labute approximate surface area is 127 Å². The zero-order valence-corrected chi connectivity index (χ0v) is 12.2. The number of furan rings is 1. The average molecular weight is 295 g/mol. The van der Waals surface area contributed by atoms with E-state index in [4.69, 9.17) is 4.42 Å². The third kappa shape index (κ3) is 2.19. The lowest BCUT2D eigenvalue weighted by atomic mass is 10.1. The Balaban J connectivity index is 1.84. The molecule has 0 aromatic carbocycles. The van der Waals surface area contributed by atoms with Crippen molar-refractivity contribution in [1.82, 2.24) is 14.5 Å². The van der Waals surface area contributed by atoms with Gasteiger partial charge in [0.05, 0.1) is 12.7 Å². The van der Waals surface area contributed by atoms with Crippen molar-refractivity contribution in [2.45, 2.75) is 32.1 Å². The first-order valence-corrected chi connectivity index (χ1v) is 7.61. The second-order valence-electron chi connectivity index (χ2n) is 5.60. The molecule has 3 aliphatic rings. The van der Waals surface area contributed by atoms with Gasteiger partial charge in [-0.3, -0.25) is 9.36 Å². The van der Waals surface area contributed by atoms with Crippen molar-refractivity contribution >= 4 is 0 Å². The maximum absolute atomic E-state index is 12.8. The maximum Gasteiger partial charge on any atom is 0.278 e. The second-order valence-corrected chi connectivity index (χ2v) is 5.60. The van der Waals surface area contributed by atoms with Gasteiger partial charge in [0, 0.05) is 24.0 Å². The molecule has 3 heterocycles. The lowest BCUT2D eigenvalue weighted by molar-refractivity contribution is 0.519. The van der Waals surface area contributed by atoms with Gasteiger partial charge in [-0.25, -0.2) is 4.98 Å². The van der Waals surface area contributed by atoms with Gasteiger partial charge in [0.25, 0.3) is 5.56 Å². The summed E-state index contributed by atoms with van der Waals surface area (Å²) in [7, 11) is 0. The summed E-state index contributed by atoms with van der Waals surface area (Å²) in [5.41, 5.74) is 2.67. The molecule has 0 amide bonds. The molecule has 0 atom stereocenters. The number of nitrogens with one attached hydrogen (secondary N) is 1. The Morgan fingerprint density at radius 1 is 1.36 bits per heavy atom. The summed E-state index contributed by atoms with van der Waals surface area (Å²) in [6, 6.07) is 3.69. The lowest BCUT2D eigenvalue weighted by Crippen LogP contribution is -2.22. The minimum atomic E-state index is -0.0267. The van der Waals surface area contributed by atoms with E-state index in [1.807, 2.05) is 18.3 Å². The summed E-state index contributed by atoms with van der Waals surface area (Å²) in [5.74, 6) is 1.45. The van der Waals surface area contributed by atoms with Gasteiger partial charge >= 0.3 is 0 Å². The number of H-pyrrole nitrogens is 1. The van der Waals surface area contributed by atoms with Crippen LogP contribution in [0.2, 0.25) is 0 Å². The van der Waals surface area contributed by atoms with Crippen LogP contribution in [0.3, 0.4) is 0 Å². The van der Waals surface area contributed by atoms with Gasteiger partial charge in [0.1, 0.15) is 11.5 Å². The van der Waals surface area contributed by atoms with Crippen molar-refractivity contribution in [2.24, 2.45) is 0 Å². The van der Waals surface area contributed by atoms with Crippen molar-refractivity contribution in [3.8, 4) is 5.82 Å². The number of imidazole rings is 1. The molecule has 5 heteroatoms. The number of hydrogen-bond donors (Lipinski definition) is 1. The van der Waals surface area contributed by atoms with Crippen LogP contribution in [0.4, 0.5) is 0 Å². The molecule has 1 aliphatic carbocycles. The summed E-state index contributed by atoms with van der Waals surface area (Å²) >= 11 is 0. The van der Waals surface area contributed by atoms with E-state index in [1.54, 1.807) is 10.8 Å². The molecule has 0 unspecified atom stereocenters. The first-order valence-electron chi connectivity index (χ1n) is 7.61. The van der Waals surface area contributed by atoms with E-state index in [2.05, 4.69) is 22.1 Å². The molecule has 22 heavy (non-hydrogen) atoms. The predicted octanol–water partition coefficient (Wildman–Crippen LogP) is 2.62. The van der Waals surface area contributed by atoms with E-state index in [0.29, 0.717) is 17.9 Å². The molecule has 0 saturated carbocycles. The molecule has 0 spiro atoms. The highest BCUT2D eigenvalue weighted by Gasteiger charge is 2.20. The minimum absolute atomic E-state index is 0.0267. The molecule has 0 fully saturated rings. The minimum Gasteiger partial charge on any atom is -0.469 e. The van der Waals surface area contributed by atoms with Gasteiger partial charge in [0.2, 0.25) is 0 Å². The zero-order valence-electron chi connectivity index (χ0n) is 12.2. The predicted molar refractivity (Wildman–Crippen MR) is 82.7 cm³/mol. The van der Waals surface area contributed by atoms with Gasteiger partial charge in [-0.15, -0.1) is 0 Å². The Morgan fingerprint density at radius 2 is 2.32 bits per heavy atom. The molecular weight excluding hydrogens is 278 g/mol. The Morgan fingerprint density at radius 3 is 3.18 bits per heavy atom. The number of aromatic nitrogens is 3. The molecule has 112 valence electrons. The first-order chi connectivity index (χ1) is 10.8. The molecule has 1 aromatic heterocycles. The van der Waals surface area contributed by atoms with Crippen LogP contribution in [0.5, 0.6) is 0 Å². The Kier molecular flexibility index (Phi) is 3.18. The van der Waals surface area contributed by atoms with E-state index in [-0.39, 0.29) is 5.56 Å². The molecule has 4 rings (SSSR count).